The second-order valence-electron chi connectivity index (χ2n) is 7.45. The number of hydrogen-bond donors (Lipinski definition) is 1. The number of carbonyl (C=O) groups excluding carboxylic acids is 2. The number of ether oxygens (including phenoxy) is 1. The molecule has 1 heterocycles. The van der Waals surface area contributed by atoms with E-state index in [2.05, 4.69) is 6.92 Å². The van der Waals surface area contributed by atoms with Crippen LogP contribution in [0.1, 0.15) is 49.8 Å². The number of fused-ring (bicyclic) bond motifs is 1. The summed E-state index contributed by atoms with van der Waals surface area (Å²) >= 11 is 0. The lowest BCUT2D eigenvalue weighted by atomic mass is 9.89. The third kappa shape index (κ3) is 3.80. The van der Waals surface area contributed by atoms with Crippen molar-refractivity contribution < 1.29 is 19.4 Å². The average Bonchev–Trinajstić information content (AvgIpc) is 2.86. The first-order valence-corrected chi connectivity index (χ1v) is 9.72. The topological polar surface area (TPSA) is 66.8 Å². The van der Waals surface area contributed by atoms with Gasteiger partial charge in [-0.15, -0.1) is 0 Å². The second kappa shape index (κ2) is 8.15. The Morgan fingerprint density at radius 3 is 2.54 bits per heavy atom. The van der Waals surface area contributed by atoms with Crippen molar-refractivity contribution in [2.45, 2.75) is 52.2 Å². The van der Waals surface area contributed by atoms with Crippen LogP contribution in [-0.4, -0.2) is 23.4 Å². The molecule has 0 radical (unpaired) electrons. The zero-order valence-corrected chi connectivity index (χ0v) is 16.7. The van der Waals surface area contributed by atoms with Gasteiger partial charge >= 0.3 is 0 Å². The molecule has 0 saturated carbocycles. The van der Waals surface area contributed by atoms with E-state index in [-0.39, 0.29) is 12.2 Å². The van der Waals surface area contributed by atoms with Gasteiger partial charge < -0.3 is 14.7 Å². The summed E-state index contributed by atoms with van der Waals surface area (Å²) in [5.41, 5.74) is 1.23. The number of nitrogens with zero attached hydrogens (tertiary/aromatic N) is 1. The minimum absolute atomic E-state index is 0.219. The molecular formula is C23H27NO4. The predicted molar refractivity (Wildman–Crippen MR) is 108 cm³/mol. The fourth-order valence-corrected chi connectivity index (χ4v) is 3.68. The van der Waals surface area contributed by atoms with Crippen molar-refractivity contribution >= 4 is 17.4 Å². The Morgan fingerprint density at radius 1 is 1.18 bits per heavy atom. The summed E-state index contributed by atoms with van der Waals surface area (Å²) in [6.07, 6.45) is 1.87. The summed E-state index contributed by atoms with van der Waals surface area (Å²) < 4.78 is 5.69. The molecule has 148 valence electrons. The lowest BCUT2D eigenvalue weighted by Crippen LogP contribution is -2.41. The van der Waals surface area contributed by atoms with Crippen LogP contribution in [0.2, 0.25) is 0 Å². The normalized spacial score (nSPS) is 18.3. The third-order valence-corrected chi connectivity index (χ3v) is 5.09. The maximum absolute atomic E-state index is 13.1. The maximum atomic E-state index is 13.1. The minimum Gasteiger partial charge on any atom is -0.494 e. The van der Waals surface area contributed by atoms with Crippen LogP contribution in [0.3, 0.4) is 0 Å². The van der Waals surface area contributed by atoms with Gasteiger partial charge in [0.05, 0.1) is 18.8 Å². The molecule has 1 atom stereocenters. The highest BCUT2D eigenvalue weighted by Gasteiger charge is 2.50. The summed E-state index contributed by atoms with van der Waals surface area (Å²) in [5, 5.41) is 11.1. The van der Waals surface area contributed by atoms with Gasteiger partial charge in [-0.1, -0.05) is 43.7 Å². The number of amides is 1. The van der Waals surface area contributed by atoms with Crippen molar-refractivity contribution in [1.82, 2.24) is 0 Å². The number of hydrogen-bond acceptors (Lipinski definition) is 4. The zero-order valence-electron chi connectivity index (χ0n) is 16.7. The number of anilines is 1. The largest absolute Gasteiger partial charge is 0.494 e. The van der Waals surface area contributed by atoms with Crippen LogP contribution in [0, 0.1) is 6.92 Å². The van der Waals surface area contributed by atoms with Gasteiger partial charge in [0.1, 0.15) is 11.5 Å². The van der Waals surface area contributed by atoms with Gasteiger partial charge in [0.25, 0.3) is 5.91 Å². The number of benzene rings is 2. The van der Waals surface area contributed by atoms with Gasteiger partial charge in [-0.05, 0) is 43.5 Å². The van der Waals surface area contributed by atoms with E-state index in [0.29, 0.717) is 24.4 Å². The summed E-state index contributed by atoms with van der Waals surface area (Å²) in [6.45, 7) is 6.42. The first kappa shape index (κ1) is 20.1. The van der Waals surface area contributed by atoms with E-state index in [9.17, 15) is 14.7 Å². The molecule has 2 aromatic carbocycles. The monoisotopic (exact) mass is 381 g/mol. The first-order chi connectivity index (χ1) is 13.4. The van der Waals surface area contributed by atoms with Crippen molar-refractivity contribution in [2.75, 3.05) is 11.5 Å². The fourth-order valence-electron chi connectivity index (χ4n) is 3.68. The molecule has 0 bridgehead atoms. The van der Waals surface area contributed by atoms with Crippen molar-refractivity contribution in [3.8, 4) is 5.75 Å². The Morgan fingerprint density at radius 2 is 1.89 bits per heavy atom. The van der Waals surface area contributed by atoms with E-state index in [1.165, 1.54) is 6.92 Å². The Labute approximate surface area is 165 Å². The minimum atomic E-state index is -1.80. The molecule has 3 rings (SSSR count). The molecule has 0 spiro atoms. The van der Waals surface area contributed by atoms with Crippen LogP contribution >= 0.6 is 0 Å². The van der Waals surface area contributed by atoms with Gasteiger partial charge in [-0.25, -0.2) is 0 Å². The van der Waals surface area contributed by atoms with Crippen molar-refractivity contribution in [3.05, 3.63) is 59.2 Å². The SMILES string of the molecule is CCCCOc1ccc(CN2C(=O)C(O)(CC(C)=O)c3cccc(C)c32)cc1. The zero-order chi connectivity index (χ0) is 20.3. The first-order valence-electron chi connectivity index (χ1n) is 9.72. The van der Waals surface area contributed by atoms with Gasteiger partial charge in [-0.3, -0.25) is 9.59 Å². The highest BCUT2D eigenvalue weighted by Crippen LogP contribution is 2.44. The predicted octanol–water partition coefficient (Wildman–Crippen LogP) is 3.89. The molecule has 1 unspecified atom stereocenters. The van der Waals surface area contributed by atoms with Crippen LogP contribution in [0.4, 0.5) is 5.69 Å². The molecule has 1 aliphatic rings. The van der Waals surface area contributed by atoms with E-state index in [1.54, 1.807) is 17.0 Å². The molecule has 5 heteroatoms. The highest BCUT2D eigenvalue weighted by atomic mass is 16.5. The Kier molecular flexibility index (Phi) is 5.84. The van der Waals surface area contributed by atoms with Crippen LogP contribution < -0.4 is 9.64 Å². The number of aryl methyl sites for hydroxylation is 1. The van der Waals surface area contributed by atoms with E-state index in [4.69, 9.17) is 4.74 Å². The lowest BCUT2D eigenvalue weighted by Gasteiger charge is -2.22. The van der Waals surface area contributed by atoms with E-state index in [0.717, 1.165) is 29.7 Å². The molecule has 0 aromatic heterocycles. The van der Waals surface area contributed by atoms with Crippen LogP contribution in [0.15, 0.2) is 42.5 Å². The van der Waals surface area contributed by atoms with Crippen molar-refractivity contribution in [1.29, 1.82) is 0 Å². The summed E-state index contributed by atoms with van der Waals surface area (Å²) in [7, 11) is 0. The molecular weight excluding hydrogens is 354 g/mol. The molecule has 1 N–H and O–H groups in total. The molecule has 1 aliphatic heterocycles. The quantitative estimate of drug-likeness (QED) is 0.705. The van der Waals surface area contributed by atoms with Crippen LogP contribution in [0.5, 0.6) is 5.75 Å². The fraction of sp³-hybridized carbons (Fsp3) is 0.391. The van der Waals surface area contributed by atoms with Crippen molar-refractivity contribution in [3.63, 3.8) is 0 Å². The van der Waals surface area contributed by atoms with E-state index < -0.39 is 11.5 Å². The van der Waals surface area contributed by atoms with Crippen molar-refractivity contribution in [2.24, 2.45) is 0 Å². The smallest absolute Gasteiger partial charge is 0.264 e. The number of carbonyl (C=O) groups is 2. The number of rotatable bonds is 8. The molecule has 5 nitrogen and oxygen atoms in total. The summed E-state index contributed by atoms with van der Waals surface area (Å²) in [4.78, 5) is 26.4. The van der Waals surface area contributed by atoms with E-state index >= 15 is 0 Å². The van der Waals surface area contributed by atoms with Crippen LogP contribution in [-0.2, 0) is 21.7 Å². The van der Waals surface area contributed by atoms with Gasteiger partial charge in [-0.2, -0.15) is 0 Å². The number of para-hydroxylation sites is 1. The standard InChI is InChI=1S/C23H27NO4/c1-4-5-13-28-19-11-9-18(10-12-19)15-24-21-16(2)7-6-8-20(21)23(27,22(24)26)14-17(3)25/h6-12,27H,4-5,13-15H2,1-3H3. The molecule has 28 heavy (non-hydrogen) atoms. The number of ketones is 1. The highest BCUT2D eigenvalue weighted by molar-refractivity contribution is 6.09. The Balaban J connectivity index is 1.86. The van der Waals surface area contributed by atoms with Gasteiger partial charge in [0.2, 0.25) is 0 Å². The van der Waals surface area contributed by atoms with Gasteiger partial charge in [0, 0.05) is 12.0 Å². The number of aliphatic hydroxyl groups is 1. The van der Waals surface area contributed by atoms with Gasteiger partial charge in [0.15, 0.2) is 5.60 Å². The Hall–Kier alpha value is -2.66. The molecule has 0 saturated heterocycles. The van der Waals surface area contributed by atoms with Crippen LogP contribution in [0.25, 0.3) is 0 Å². The molecule has 0 aliphatic carbocycles. The average molecular weight is 381 g/mol. The molecule has 2 aromatic rings. The Bertz CT molecular complexity index is 875. The number of Topliss-reactive ketones (excluding diaryl/α,β-unsaturated/α-hetero) is 1. The second-order valence-corrected chi connectivity index (χ2v) is 7.45. The number of unbranched alkanes of at least 4 members (excludes halogenated alkanes) is 1. The maximum Gasteiger partial charge on any atom is 0.264 e. The molecule has 0 fully saturated rings. The van der Waals surface area contributed by atoms with E-state index in [1.807, 2.05) is 37.3 Å². The third-order valence-electron chi connectivity index (χ3n) is 5.09. The molecule has 1 amide bonds. The lowest BCUT2D eigenvalue weighted by molar-refractivity contribution is -0.141. The summed E-state index contributed by atoms with van der Waals surface area (Å²) in [5.74, 6) is 0.128. The summed E-state index contributed by atoms with van der Waals surface area (Å²) in [6, 6.07) is 13.1.